The van der Waals surface area contributed by atoms with Crippen molar-refractivity contribution in [1.29, 1.82) is 0 Å². The van der Waals surface area contributed by atoms with E-state index >= 15 is 0 Å². The number of carboxylic acid groups (broad SMARTS) is 1. The number of aliphatic carboxylic acids is 1. The fourth-order valence-electron chi connectivity index (χ4n) is 1.31. The van der Waals surface area contributed by atoms with Crippen molar-refractivity contribution in [1.82, 2.24) is 0 Å². The van der Waals surface area contributed by atoms with Crippen molar-refractivity contribution in [3.05, 3.63) is 35.9 Å². The van der Waals surface area contributed by atoms with Gasteiger partial charge in [-0.2, -0.15) is 0 Å². The summed E-state index contributed by atoms with van der Waals surface area (Å²) in [6.45, 7) is 1.15. The van der Waals surface area contributed by atoms with Gasteiger partial charge in [0.25, 0.3) is 0 Å². The lowest BCUT2D eigenvalue weighted by molar-refractivity contribution is -0.164. The molecule has 86 valence electrons. The quantitative estimate of drug-likeness (QED) is 0.733. The molecule has 0 aliphatic carbocycles. The van der Waals surface area contributed by atoms with Gasteiger partial charge in [0.05, 0.1) is 6.04 Å². The van der Waals surface area contributed by atoms with Crippen molar-refractivity contribution in [2.75, 3.05) is 0 Å². The summed E-state index contributed by atoms with van der Waals surface area (Å²) in [7, 11) is 0. The number of esters is 1. The summed E-state index contributed by atoms with van der Waals surface area (Å²) in [5, 5.41) is 8.90. The molecule has 5 nitrogen and oxygen atoms in total. The number of carbonyl (C=O) groups excluding carboxylic acids is 1. The Morgan fingerprint density at radius 2 is 1.88 bits per heavy atom. The molecule has 16 heavy (non-hydrogen) atoms. The zero-order chi connectivity index (χ0) is 12.1. The number of rotatable bonds is 4. The summed E-state index contributed by atoms with van der Waals surface area (Å²) in [5.74, 6) is -1.93. The fourth-order valence-corrected chi connectivity index (χ4v) is 1.31. The molecule has 0 radical (unpaired) electrons. The zero-order valence-corrected chi connectivity index (χ0v) is 8.79. The molecule has 0 bridgehead atoms. The van der Waals surface area contributed by atoms with Gasteiger partial charge in [-0.25, -0.2) is 4.79 Å². The number of ether oxygens (including phenoxy) is 1. The minimum atomic E-state index is -1.36. The molecule has 1 aromatic rings. The molecule has 5 heteroatoms. The fraction of sp³-hybridized carbons (Fsp3) is 0.273. The van der Waals surface area contributed by atoms with Crippen LogP contribution in [0.25, 0.3) is 0 Å². The monoisotopic (exact) mass is 223 g/mol. The van der Waals surface area contributed by atoms with E-state index in [0.717, 1.165) is 6.92 Å². The molecule has 0 aliphatic rings. The van der Waals surface area contributed by atoms with E-state index in [1.807, 2.05) is 0 Å². The maximum atomic E-state index is 10.9. The summed E-state index contributed by atoms with van der Waals surface area (Å²) < 4.78 is 4.66. The van der Waals surface area contributed by atoms with Gasteiger partial charge in [-0.05, 0) is 5.56 Å². The van der Waals surface area contributed by atoms with E-state index < -0.39 is 24.1 Å². The van der Waals surface area contributed by atoms with Crippen LogP contribution in [-0.4, -0.2) is 23.1 Å². The lowest BCUT2D eigenvalue weighted by Crippen LogP contribution is -2.37. The molecule has 0 amide bonds. The zero-order valence-electron chi connectivity index (χ0n) is 8.79. The van der Waals surface area contributed by atoms with E-state index in [1.165, 1.54) is 0 Å². The van der Waals surface area contributed by atoms with Gasteiger partial charge in [0, 0.05) is 6.92 Å². The van der Waals surface area contributed by atoms with Crippen molar-refractivity contribution in [3.63, 3.8) is 0 Å². The molecule has 0 unspecified atom stereocenters. The lowest BCUT2D eigenvalue weighted by atomic mass is 10.0. The molecule has 2 atom stereocenters. The molecular weight excluding hydrogens is 210 g/mol. The number of carbonyl (C=O) groups is 2. The van der Waals surface area contributed by atoms with Crippen molar-refractivity contribution in [3.8, 4) is 0 Å². The second kappa shape index (κ2) is 5.27. The van der Waals surface area contributed by atoms with Crippen molar-refractivity contribution in [2.24, 2.45) is 5.73 Å². The Labute approximate surface area is 92.8 Å². The van der Waals surface area contributed by atoms with Crippen LogP contribution in [0.4, 0.5) is 0 Å². The number of carboxylic acids is 1. The van der Waals surface area contributed by atoms with Crippen molar-refractivity contribution in [2.45, 2.75) is 19.1 Å². The highest BCUT2D eigenvalue weighted by atomic mass is 16.6. The van der Waals surface area contributed by atoms with Crippen LogP contribution in [-0.2, 0) is 14.3 Å². The standard InChI is InChI=1S/C11H13NO4/c1-7(13)16-10(11(14)15)9(12)8-5-3-2-4-6-8/h2-6,9-10H,12H2,1H3,(H,14,15)/t9-,10+/m0/s1. The lowest BCUT2D eigenvalue weighted by Gasteiger charge is -2.19. The SMILES string of the molecule is CC(=O)O[C@@H](C(=O)O)[C@@H](N)c1ccccc1. The number of hydrogen-bond donors (Lipinski definition) is 2. The van der Waals surface area contributed by atoms with Gasteiger partial charge in [0.1, 0.15) is 0 Å². The van der Waals surface area contributed by atoms with E-state index in [0.29, 0.717) is 5.56 Å². The van der Waals surface area contributed by atoms with E-state index in [-0.39, 0.29) is 0 Å². The Morgan fingerprint density at radius 3 is 2.31 bits per heavy atom. The third kappa shape index (κ3) is 3.06. The molecule has 0 aromatic heterocycles. The van der Waals surface area contributed by atoms with Gasteiger partial charge in [0.15, 0.2) is 0 Å². The summed E-state index contributed by atoms with van der Waals surface area (Å²) in [4.78, 5) is 21.6. The summed E-state index contributed by atoms with van der Waals surface area (Å²) in [6, 6.07) is 7.76. The molecule has 1 rings (SSSR count). The minimum Gasteiger partial charge on any atom is -0.478 e. The third-order valence-electron chi connectivity index (χ3n) is 2.05. The maximum Gasteiger partial charge on any atom is 0.347 e. The van der Waals surface area contributed by atoms with Gasteiger partial charge in [-0.15, -0.1) is 0 Å². The first kappa shape index (κ1) is 12.2. The van der Waals surface area contributed by atoms with Crippen LogP contribution in [0, 0.1) is 0 Å². The molecule has 3 N–H and O–H groups in total. The van der Waals surface area contributed by atoms with Crippen LogP contribution in [0.2, 0.25) is 0 Å². The average molecular weight is 223 g/mol. The van der Waals surface area contributed by atoms with E-state index in [1.54, 1.807) is 30.3 Å². The molecule has 0 heterocycles. The Hall–Kier alpha value is -1.88. The Balaban J connectivity index is 2.87. The highest BCUT2D eigenvalue weighted by Gasteiger charge is 2.29. The molecule has 0 aliphatic heterocycles. The first-order valence-corrected chi connectivity index (χ1v) is 4.73. The van der Waals surface area contributed by atoms with Gasteiger partial charge < -0.3 is 15.6 Å². The minimum absolute atomic E-state index is 0.608. The topological polar surface area (TPSA) is 89.6 Å². The van der Waals surface area contributed by atoms with Crippen LogP contribution >= 0.6 is 0 Å². The predicted octanol–water partition coefficient (Wildman–Crippen LogP) is 0.703. The second-order valence-electron chi connectivity index (χ2n) is 3.30. The molecule has 0 saturated heterocycles. The Bertz CT molecular complexity index is 377. The van der Waals surface area contributed by atoms with Crippen LogP contribution in [0.3, 0.4) is 0 Å². The van der Waals surface area contributed by atoms with Gasteiger partial charge in [-0.1, -0.05) is 30.3 Å². The highest BCUT2D eigenvalue weighted by molar-refractivity contribution is 5.78. The Morgan fingerprint density at radius 1 is 1.31 bits per heavy atom. The molecule has 0 saturated carbocycles. The number of benzene rings is 1. The van der Waals surface area contributed by atoms with E-state index in [4.69, 9.17) is 10.8 Å². The molecule has 0 fully saturated rings. The summed E-state index contributed by atoms with van der Waals surface area (Å²) in [6.07, 6.45) is -1.36. The average Bonchev–Trinajstić information content (AvgIpc) is 2.25. The van der Waals surface area contributed by atoms with E-state index in [2.05, 4.69) is 4.74 Å². The summed E-state index contributed by atoms with van der Waals surface area (Å²) in [5.41, 5.74) is 6.34. The Kier molecular flexibility index (Phi) is 4.02. The molecule has 1 aromatic carbocycles. The van der Waals surface area contributed by atoms with Crippen molar-refractivity contribution >= 4 is 11.9 Å². The van der Waals surface area contributed by atoms with Gasteiger partial charge in [0.2, 0.25) is 6.10 Å². The number of hydrogen-bond acceptors (Lipinski definition) is 4. The first-order chi connectivity index (χ1) is 7.52. The largest absolute Gasteiger partial charge is 0.478 e. The number of nitrogens with two attached hydrogens (primary N) is 1. The van der Waals surface area contributed by atoms with Gasteiger partial charge in [-0.3, -0.25) is 4.79 Å². The molecule has 0 spiro atoms. The van der Waals surface area contributed by atoms with Crippen LogP contribution in [0.15, 0.2) is 30.3 Å². The second-order valence-corrected chi connectivity index (χ2v) is 3.30. The molecular formula is C11H13NO4. The highest BCUT2D eigenvalue weighted by Crippen LogP contribution is 2.16. The van der Waals surface area contributed by atoms with Crippen LogP contribution < -0.4 is 5.73 Å². The first-order valence-electron chi connectivity index (χ1n) is 4.73. The normalized spacial score (nSPS) is 13.9. The van der Waals surface area contributed by atoms with Gasteiger partial charge >= 0.3 is 11.9 Å². The predicted molar refractivity (Wildman–Crippen MR) is 56.6 cm³/mol. The van der Waals surface area contributed by atoms with E-state index in [9.17, 15) is 9.59 Å². The van der Waals surface area contributed by atoms with Crippen LogP contribution in [0.5, 0.6) is 0 Å². The smallest absolute Gasteiger partial charge is 0.347 e. The van der Waals surface area contributed by atoms with Crippen LogP contribution in [0.1, 0.15) is 18.5 Å². The third-order valence-corrected chi connectivity index (χ3v) is 2.05. The maximum absolute atomic E-state index is 10.9. The van der Waals surface area contributed by atoms with Crippen molar-refractivity contribution < 1.29 is 19.4 Å². The summed E-state index contributed by atoms with van der Waals surface area (Å²) >= 11 is 0.